The van der Waals surface area contributed by atoms with E-state index in [9.17, 15) is 0 Å². The van der Waals surface area contributed by atoms with Gasteiger partial charge in [0.05, 0.1) is 6.10 Å². The van der Waals surface area contributed by atoms with Gasteiger partial charge in [-0.15, -0.1) is 0 Å². The summed E-state index contributed by atoms with van der Waals surface area (Å²) in [5, 5.41) is 0. The van der Waals surface area contributed by atoms with E-state index in [-0.39, 0.29) is 0 Å². The Balaban J connectivity index is 2.15. The molecule has 0 radical (unpaired) electrons. The highest BCUT2D eigenvalue weighted by atomic mass is 79.9. The van der Waals surface area contributed by atoms with Crippen molar-refractivity contribution in [3.8, 4) is 0 Å². The second-order valence-corrected chi connectivity index (χ2v) is 5.93. The third kappa shape index (κ3) is 3.46. The molecule has 3 nitrogen and oxygen atoms in total. The summed E-state index contributed by atoms with van der Waals surface area (Å²) in [5.41, 5.74) is 7.91. The molecule has 2 N–H and O–H groups in total. The molecule has 1 heterocycles. The molecule has 0 aliphatic carbocycles. The second-order valence-electron chi connectivity index (χ2n) is 4.64. The van der Waals surface area contributed by atoms with Gasteiger partial charge in [0.25, 0.3) is 0 Å². The summed E-state index contributed by atoms with van der Waals surface area (Å²) in [6.45, 7) is 4.80. The number of hydrogen-bond acceptors (Lipinski definition) is 3. The molecule has 1 aromatic rings. The van der Waals surface area contributed by atoms with Gasteiger partial charge in [0, 0.05) is 35.4 Å². The highest BCUT2D eigenvalue weighted by Gasteiger charge is 2.22. The van der Waals surface area contributed by atoms with Gasteiger partial charge in [-0.3, -0.25) is 0 Å². The van der Waals surface area contributed by atoms with Gasteiger partial charge in [-0.25, -0.2) is 0 Å². The van der Waals surface area contributed by atoms with Crippen LogP contribution in [0, 0.1) is 0 Å². The fourth-order valence-electron chi connectivity index (χ4n) is 2.52. The number of hydrogen-bond donors (Lipinski definition) is 1. The van der Waals surface area contributed by atoms with Crippen LogP contribution in [0.1, 0.15) is 25.3 Å². The summed E-state index contributed by atoms with van der Waals surface area (Å²) < 4.78 is 6.64. The standard InChI is InChI=1S/C14H19BrN2OS/c1-2-18-10-6-8-17(9-7-10)12-5-3-4-11(15)13(12)14(16)19/h3-5,10H,2,6-9H2,1H3,(H2,16,19). The first kappa shape index (κ1) is 14.8. The zero-order valence-electron chi connectivity index (χ0n) is 11.1. The molecular formula is C14H19BrN2OS. The van der Waals surface area contributed by atoms with Crippen molar-refractivity contribution in [1.29, 1.82) is 0 Å². The number of thiocarbonyl (C=S) groups is 1. The zero-order chi connectivity index (χ0) is 13.8. The number of ether oxygens (including phenoxy) is 1. The van der Waals surface area contributed by atoms with E-state index < -0.39 is 0 Å². The molecule has 2 rings (SSSR count). The number of nitrogens with two attached hydrogens (primary N) is 1. The molecule has 1 fully saturated rings. The Morgan fingerprint density at radius 1 is 1.47 bits per heavy atom. The smallest absolute Gasteiger partial charge is 0.107 e. The average Bonchev–Trinajstić information content (AvgIpc) is 2.39. The zero-order valence-corrected chi connectivity index (χ0v) is 13.5. The van der Waals surface area contributed by atoms with E-state index in [2.05, 4.69) is 26.9 Å². The van der Waals surface area contributed by atoms with Crippen LogP contribution in [0.4, 0.5) is 5.69 Å². The molecule has 0 amide bonds. The minimum absolute atomic E-state index is 0.390. The van der Waals surface area contributed by atoms with Crippen molar-refractivity contribution in [2.75, 3.05) is 24.6 Å². The molecule has 1 aliphatic rings. The van der Waals surface area contributed by atoms with Gasteiger partial charge in [0.15, 0.2) is 0 Å². The summed E-state index contributed by atoms with van der Waals surface area (Å²) in [7, 11) is 0. The molecule has 0 saturated carbocycles. The molecule has 0 unspecified atom stereocenters. The second kappa shape index (κ2) is 6.68. The van der Waals surface area contributed by atoms with E-state index in [1.165, 1.54) is 0 Å². The minimum Gasteiger partial charge on any atom is -0.389 e. The molecule has 0 spiro atoms. The first-order chi connectivity index (χ1) is 9.13. The van der Waals surface area contributed by atoms with E-state index in [4.69, 9.17) is 22.7 Å². The van der Waals surface area contributed by atoms with Crippen molar-refractivity contribution in [3.05, 3.63) is 28.2 Å². The Hall–Kier alpha value is -0.650. The molecule has 19 heavy (non-hydrogen) atoms. The van der Waals surface area contributed by atoms with Crippen LogP contribution >= 0.6 is 28.1 Å². The summed E-state index contributed by atoms with van der Waals surface area (Å²) in [4.78, 5) is 2.78. The Morgan fingerprint density at radius 2 is 2.16 bits per heavy atom. The molecular weight excluding hydrogens is 324 g/mol. The van der Waals surface area contributed by atoms with Crippen molar-refractivity contribution < 1.29 is 4.74 Å². The van der Waals surface area contributed by atoms with Crippen molar-refractivity contribution in [2.24, 2.45) is 5.73 Å². The average molecular weight is 343 g/mol. The Bertz CT molecular complexity index is 459. The van der Waals surface area contributed by atoms with Gasteiger partial charge in [0.2, 0.25) is 0 Å². The lowest BCUT2D eigenvalue weighted by Crippen LogP contribution is -2.38. The number of anilines is 1. The Labute approximate surface area is 128 Å². The van der Waals surface area contributed by atoms with E-state index >= 15 is 0 Å². The first-order valence-corrected chi connectivity index (χ1v) is 7.78. The molecule has 0 bridgehead atoms. The van der Waals surface area contributed by atoms with Crippen molar-refractivity contribution in [1.82, 2.24) is 0 Å². The predicted molar refractivity (Wildman–Crippen MR) is 86.9 cm³/mol. The molecule has 0 aromatic heterocycles. The molecule has 1 aliphatic heterocycles. The summed E-state index contributed by atoms with van der Waals surface area (Å²) >= 11 is 8.70. The predicted octanol–water partition coefficient (Wildman–Crippen LogP) is 3.09. The van der Waals surface area contributed by atoms with Crippen molar-refractivity contribution >= 4 is 38.8 Å². The highest BCUT2D eigenvalue weighted by molar-refractivity contribution is 9.10. The van der Waals surface area contributed by atoms with Crippen LogP contribution in [-0.2, 0) is 4.74 Å². The molecule has 0 atom stereocenters. The van der Waals surface area contributed by atoms with Gasteiger partial charge in [-0.05, 0) is 47.8 Å². The third-order valence-corrected chi connectivity index (χ3v) is 4.29. The SMILES string of the molecule is CCOC1CCN(c2cccc(Br)c2C(N)=S)CC1. The van der Waals surface area contributed by atoms with Crippen LogP contribution < -0.4 is 10.6 Å². The van der Waals surface area contributed by atoms with Crippen LogP contribution in [0.5, 0.6) is 0 Å². The Morgan fingerprint density at radius 3 is 2.74 bits per heavy atom. The quantitative estimate of drug-likeness (QED) is 0.853. The number of halogens is 1. The number of benzene rings is 1. The van der Waals surface area contributed by atoms with Gasteiger partial charge in [-0.1, -0.05) is 18.3 Å². The van der Waals surface area contributed by atoms with Crippen molar-refractivity contribution in [3.63, 3.8) is 0 Å². The lowest BCUT2D eigenvalue weighted by atomic mass is 10.0. The normalized spacial score (nSPS) is 16.6. The van der Waals surface area contributed by atoms with E-state index in [0.717, 1.165) is 48.3 Å². The largest absolute Gasteiger partial charge is 0.389 e. The highest BCUT2D eigenvalue weighted by Crippen LogP contribution is 2.30. The fourth-order valence-corrected chi connectivity index (χ4v) is 3.43. The third-order valence-electron chi connectivity index (χ3n) is 3.42. The van der Waals surface area contributed by atoms with Crippen LogP contribution in [0.3, 0.4) is 0 Å². The maximum Gasteiger partial charge on any atom is 0.107 e. The lowest BCUT2D eigenvalue weighted by molar-refractivity contribution is 0.0459. The Kier molecular flexibility index (Phi) is 5.19. The molecule has 1 saturated heterocycles. The van der Waals surface area contributed by atoms with Crippen LogP contribution in [-0.4, -0.2) is 30.8 Å². The maximum absolute atomic E-state index is 5.85. The van der Waals surface area contributed by atoms with Gasteiger partial charge in [0.1, 0.15) is 4.99 Å². The van der Waals surface area contributed by atoms with Crippen LogP contribution in [0.2, 0.25) is 0 Å². The van der Waals surface area contributed by atoms with Gasteiger partial charge >= 0.3 is 0 Å². The number of nitrogens with zero attached hydrogens (tertiary/aromatic N) is 1. The maximum atomic E-state index is 5.85. The topological polar surface area (TPSA) is 38.5 Å². The molecule has 5 heteroatoms. The van der Waals surface area contributed by atoms with Crippen LogP contribution in [0.15, 0.2) is 22.7 Å². The van der Waals surface area contributed by atoms with Gasteiger partial charge < -0.3 is 15.4 Å². The monoisotopic (exact) mass is 342 g/mol. The first-order valence-electron chi connectivity index (χ1n) is 6.58. The fraction of sp³-hybridized carbons (Fsp3) is 0.500. The van der Waals surface area contributed by atoms with E-state index in [1.807, 2.05) is 19.1 Å². The summed E-state index contributed by atoms with van der Waals surface area (Å²) in [5.74, 6) is 0. The lowest BCUT2D eigenvalue weighted by Gasteiger charge is -2.34. The van der Waals surface area contributed by atoms with E-state index in [0.29, 0.717) is 11.1 Å². The van der Waals surface area contributed by atoms with Gasteiger partial charge in [-0.2, -0.15) is 0 Å². The molecule has 104 valence electrons. The number of rotatable bonds is 4. The summed E-state index contributed by atoms with van der Waals surface area (Å²) in [6, 6.07) is 6.08. The minimum atomic E-state index is 0.390. The summed E-state index contributed by atoms with van der Waals surface area (Å²) in [6.07, 6.45) is 2.50. The number of piperidine rings is 1. The van der Waals surface area contributed by atoms with Crippen molar-refractivity contribution in [2.45, 2.75) is 25.9 Å². The molecule has 1 aromatic carbocycles. The van der Waals surface area contributed by atoms with E-state index in [1.54, 1.807) is 0 Å². The van der Waals surface area contributed by atoms with Crippen LogP contribution in [0.25, 0.3) is 0 Å².